The van der Waals surface area contributed by atoms with Gasteiger partial charge in [-0.15, -0.1) is 0 Å². The molecule has 1 N–H and O–H groups in total. The maximum absolute atomic E-state index is 10.2. The Labute approximate surface area is 105 Å². The molecule has 1 aliphatic carbocycles. The Morgan fingerprint density at radius 3 is 2.41 bits per heavy atom. The van der Waals surface area contributed by atoms with E-state index in [4.69, 9.17) is 4.74 Å². The molecule has 2 aliphatic rings. The van der Waals surface area contributed by atoms with Crippen LogP contribution in [0.4, 0.5) is 0 Å². The zero-order valence-corrected chi connectivity index (χ0v) is 11.1. The monoisotopic (exact) mass is 241 g/mol. The first-order chi connectivity index (χ1) is 8.29. The van der Waals surface area contributed by atoms with E-state index in [1.807, 2.05) is 0 Å². The second kappa shape index (κ2) is 6.72. The lowest BCUT2D eigenvalue weighted by Gasteiger charge is -2.34. The first-order valence-corrected chi connectivity index (χ1v) is 7.19. The van der Waals surface area contributed by atoms with Crippen LogP contribution < -0.4 is 0 Å². The van der Waals surface area contributed by atoms with E-state index in [2.05, 4.69) is 4.90 Å². The molecule has 3 heteroatoms. The molecular weight excluding hydrogens is 214 g/mol. The Hall–Kier alpha value is -0.120. The van der Waals surface area contributed by atoms with Crippen LogP contribution in [0.1, 0.15) is 38.5 Å². The molecular formula is C14H27NO2. The normalized spacial score (nSPS) is 26.5. The van der Waals surface area contributed by atoms with E-state index in [9.17, 15) is 5.11 Å². The van der Waals surface area contributed by atoms with Crippen molar-refractivity contribution in [3.8, 4) is 0 Å². The summed E-state index contributed by atoms with van der Waals surface area (Å²) in [7, 11) is 1.79. The summed E-state index contributed by atoms with van der Waals surface area (Å²) in [6.07, 6.45) is 7.48. The predicted octanol–water partition coefficient (Wildman–Crippen LogP) is 1.90. The molecule has 1 saturated carbocycles. The lowest BCUT2D eigenvalue weighted by molar-refractivity contribution is 0.0406. The molecule has 0 spiro atoms. The Balaban J connectivity index is 1.66. The van der Waals surface area contributed by atoms with Crippen molar-refractivity contribution in [3.63, 3.8) is 0 Å². The van der Waals surface area contributed by atoms with Crippen LogP contribution in [0.3, 0.4) is 0 Å². The Kier molecular flexibility index (Phi) is 5.26. The summed E-state index contributed by atoms with van der Waals surface area (Å²) >= 11 is 0. The van der Waals surface area contributed by atoms with E-state index in [1.54, 1.807) is 7.11 Å². The van der Waals surface area contributed by atoms with E-state index in [0.29, 0.717) is 5.92 Å². The average Bonchev–Trinajstić information content (AvgIpc) is 2.86. The summed E-state index contributed by atoms with van der Waals surface area (Å²) in [5.41, 5.74) is 0. The largest absolute Gasteiger partial charge is 0.392 e. The maximum Gasteiger partial charge on any atom is 0.0695 e. The van der Waals surface area contributed by atoms with Gasteiger partial charge in [0.25, 0.3) is 0 Å². The van der Waals surface area contributed by atoms with Crippen LogP contribution in [0.2, 0.25) is 0 Å². The number of nitrogens with zero attached hydrogens (tertiary/aromatic N) is 1. The van der Waals surface area contributed by atoms with Crippen molar-refractivity contribution in [2.24, 2.45) is 11.8 Å². The van der Waals surface area contributed by atoms with Gasteiger partial charge in [0.05, 0.1) is 6.10 Å². The fraction of sp³-hybridized carbons (Fsp3) is 1.00. The van der Waals surface area contributed by atoms with Crippen molar-refractivity contribution in [2.75, 3.05) is 33.4 Å². The number of piperidine rings is 1. The third kappa shape index (κ3) is 3.94. The molecule has 0 aromatic carbocycles. The molecule has 17 heavy (non-hydrogen) atoms. The number of hydrogen-bond donors (Lipinski definition) is 1. The fourth-order valence-corrected chi connectivity index (χ4v) is 3.33. The minimum absolute atomic E-state index is 0.0866. The number of aliphatic hydroxyl groups excluding tert-OH is 1. The van der Waals surface area contributed by atoms with Gasteiger partial charge in [0.2, 0.25) is 0 Å². The SMILES string of the molecule is COCC1CCN(CC(O)C2CCCC2)CC1. The van der Waals surface area contributed by atoms with Gasteiger partial charge in [-0.05, 0) is 50.6 Å². The van der Waals surface area contributed by atoms with Crippen molar-refractivity contribution in [3.05, 3.63) is 0 Å². The van der Waals surface area contributed by atoms with Gasteiger partial charge >= 0.3 is 0 Å². The first kappa shape index (κ1) is 13.3. The molecule has 1 aliphatic heterocycles. The minimum Gasteiger partial charge on any atom is -0.392 e. The van der Waals surface area contributed by atoms with E-state index in [-0.39, 0.29) is 6.10 Å². The molecule has 0 bridgehead atoms. The highest BCUT2D eigenvalue weighted by atomic mass is 16.5. The Bertz CT molecular complexity index is 208. The lowest BCUT2D eigenvalue weighted by atomic mass is 9.95. The van der Waals surface area contributed by atoms with Crippen molar-refractivity contribution in [2.45, 2.75) is 44.6 Å². The van der Waals surface area contributed by atoms with Gasteiger partial charge in [-0.25, -0.2) is 0 Å². The Morgan fingerprint density at radius 1 is 1.18 bits per heavy atom. The van der Waals surface area contributed by atoms with Crippen LogP contribution >= 0.6 is 0 Å². The lowest BCUT2D eigenvalue weighted by Crippen LogP contribution is -2.41. The van der Waals surface area contributed by atoms with Gasteiger partial charge in [0.15, 0.2) is 0 Å². The summed E-state index contributed by atoms with van der Waals surface area (Å²) in [5, 5.41) is 10.2. The number of methoxy groups -OCH3 is 1. The molecule has 2 fully saturated rings. The van der Waals surface area contributed by atoms with Crippen LogP contribution in [0.25, 0.3) is 0 Å². The van der Waals surface area contributed by atoms with E-state index >= 15 is 0 Å². The van der Waals surface area contributed by atoms with Gasteiger partial charge in [0.1, 0.15) is 0 Å². The van der Waals surface area contributed by atoms with Gasteiger partial charge in [-0.3, -0.25) is 0 Å². The highest BCUT2D eigenvalue weighted by molar-refractivity contribution is 4.80. The molecule has 1 atom stereocenters. The van der Waals surface area contributed by atoms with Crippen LogP contribution in [0.15, 0.2) is 0 Å². The van der Waals surface area contributed by atoms with Crippen LogP contribution in [0, 0.1) is 11.8 Å². The second-order valence-electron chi connectivity index (χ2n) is 5.81. The van der Waals surface area contributed by atoms with Gasteiger partial charge in [-0.2, -0.15) is 0 Å². The minimum atomic E-state index is -0.0866. The van der Waals surface area contributed by atoms with Crippen molar-refractivity contribution < 1.29 is 9.84 Å². The molecule has 1 heterocycles. The smallest absolute Gasteiger partial charge is 0.0695 e. The summed E-state index contributed by atoms with van der Waals surface area (Å²) in [6.45, 7) is 4.07. The predicted molar refractivity (Wildman–Crippen MR) is 69.0 cm³/mol. The van der Waals surface area contributed by atoms with Crippen LogP contribution in [-0.2, 0) is 4.74 Å². The summed E-state index contributed by atoms with van der Waals surface area (Å²) in [6, 6.07) is 0. The number of rotatable bonds is 5. The standard InChI is InChI=1S/C14H27NO2/c1-17-11-12-6-8-15(9-7-12)10-14(16)13-4-2-3-5-13/h12-14,16H,2-11H2,1H3. The van der Waals surface area contributed by atoms with E-state index < -0.39 is 0 Å². The van der Waals surface area contributed by atoms with Crippen molar-refractivity contribution >= 4 is 0 Å². The second-order valence-corrected chi connectivity index (χ2v) is 5.81. The molecule has 0 aromatic heterocycles. The fourth-order valence-electron chi connectivity index (χ4n) is 3.33. The van der Waals surface area contributed by atoms with Gasteiger partial charge in [0, 0.05) is 20.3 Å². The quantitative estimate of drug-likeness (QED) is 0.798. The highest BCUT2D eigenvalue weighted by Crippen LogP contribution is 2.28. The molecule has 0 radical (unpaired) electrons. The number of likely N-dealkylation sites (tertiary alicyclic amines) is 1. The zero-order chi connectivity index (χ0) is 12.1. The number of ether oxygens (including phenoxy) is 1. The number of hydrogen-bond acceptors (Lipinski definition) is 3. The topological polar surface area (TPSA) is 32.7 Å². The molecule has 1 unspecified atom stereocenters. The van der Waals surface area contributed by atoms with Gasteiger partial charge < -0.3 is 14.7 Å². The summed E-state index contributed by atoms with van der Waals surface area (Å²) < 4.78 is 5.21. The third-order valence-electron chi connectivity index (χ3n) is 4.50. The summed E-state index contributed by atoms with van der Waals surface area (Å²) in [4.78, 5) is 2.44. The van der Waals surface area contributed by atoms with Crippen LogP contribution in [0.5, 0.6) is 0 Å². The summed E-state index contributed by atoms with van der Waals surface area (Å²) in [5.74, 6) is 1.31. The van der Waals surface area contributed by atoms with E-state index in [0.717, 1.165) is 32.2 Å². The molecule has 0 amide bonds. The maximum atomic E-state index is 10.2. The van der Waals surface area contributed by atoms with Crippen molar-refractivity contribution in [1.82, 2.24) is 4.90 Å². The van der Waals surface area contributed by atoms with Crippen LogP contribution in [-0.4, -0.2) is 49.5 Å². The number of aliphatic hydroxyl groups is 1. The zero-order valence-electron chi connectivity index (χ0n) is 11.1. The molecule has 3 nitrogen and oxygen atoms in total. The molecule has 100 valence electrons. The van der Waals surface area contributed by atoms with Crippen molar-refractivity contribution in [1.29, 1.82) is 0 Å². The third-order valence-corrected chi connectivity index (χ3v) is 4.50. The molecule has 0 aromatic rings. The average molecular weight is 241 g/mol. The molecule has 2 rings (SSSR count). The van der Waals surface area contributed by atoms with Gasteiger partial charge in [-0.1, -0.05) is 12.8 Å². The molecule has 1 saturated heterocycles. The number of β-amino-alcohol motifs (C(OH)–C–C–N with tert-alkyl or cyclic N) is 1. The van der Waals surface area contributed by atoms with E-state index in [1.165, 1.54) is 38.5 Å². The highest BCUT2D eigenvalue weighted by Gasteiger charge is 2.26. The first-order valence-electron chi connectivity index (χ1n) is 7.19. The Morgan fingerprint density at radius 2 is 1.82 bits per heavy atom.